The molecule has 1 amide bonds. The normalized spacial score (nSPS) is 20.5. The van der Waals surface area contributed by atoms with Gasteiger partial charge in [-0.3, -0.25) is 4.79 Å². The zero-order chi connectivity index (χ0) is 17.8. The van der Waals surface area contributed by atoms with Crippen molar-refractivity contribution in [3.63, 3.8) is 0 Å². The number of likely N-dealkylation sites (N-methyl/N-ethyl adjacent to an activating group) is 1. The second kappa shape index (κ2) is 7.95. The average Bonchev–Trinajstić information content (AvgIpc) is 3.29. The Bertz CT molecular complexity index is 646. The maximum atomic E-state index is 11.8. The smallest absolute Gasteiger partial charge is 0.243 e. The molecule has 1 aliphatic carbocycles. The summed E-state index contributed by atoms with van der Waals surface area (Å²) >= 11 is 6.18. The Kier molecular flexibility index (Phi) is 5.68. The molecule has 2 fully saturated rings. The quantitative estimate of drug-likeness (QED) is 0.641. The summed E-state index contributed by atoms with van der Waals surface area (Å²) in [5.41, 5.74) is 0. The van der Waals surface area contributed by atoms with Crippen LogP contribution < -0.4 is 10.1 Å². The van der Waals surface area contributed by atoms with E-state index in [1.807, 2.05) is 24.3 Å². The number of likely N-dealkylation sites (tertiary alicyclic amines) is 1. The largest absolute Gasteiger partial charge is 0.487 e. The Morgan fingerprint density at radius 1 is 1.36 bits per heavy atom. The summed E-state index contributed by atoms with van der Waals surface area (Å²) in [6, 6.07) is 8.01. The number of aliphatic imine (C=N–C) groups is 1. The predicted octanol–water partition coefficient (Wildman–Crippen LogP) is 1.99. The Labute approximate surface area is 153 Å². The molecule has 0 spiro atoms. The van der Waals surface area contributed by atoms with Crippen LogP contribution in [0, 0.1) is 0 Å². The van der Waals surface area contributed by atoms with Gasteiger partial charge in [0.1, 0.15) is 18.4 Å². The number of hydrogen-bond donors (Lipinski definition) is 1. The number of guanidine groups is 1. The average molecular weight is 365 g/mol. The SMILES string of the molecule is CN(C)C(=O)CN=C(NC1CC1)N1CCC(Oc2ccccc2Cl)C1. The molecule has 25 heavy (non-hydrogen) atoms. The predicted molar refractivity (Wildman–Crippen MR) is 99.2 cm³/mol. The van der Waals surface area contributed by atoms with E-state index in [0.717, 1.165) is 38.3 Å². The van der Waals surface area contributed by atoms with Crippen molar-refractivity contribution in [2.45, 2.75) is 31.4 Å². The van der Waals surface area contributed by atoms with Crippen molar-refractivity contribution in [2.75, 3.05) is 33.7 Å². The molecule has 1 saturated carbocycles. The lowest BCUT2D eigenvalue weighted by Gasteiger charge is -2.22. The van der Waals surface area contributed by atoms with Crippen LogP contribution >= 0.6 is 11.6 Å². The number of rotatable bonds is 5. The fraction of sp³-hybridized carbons (Fsp3) is 0.556. The number of para-hydroxylation sites is 1. The molecule has 1 aromatic carbocycles. The number of hydrogen-bond acceptors (Lipinski definition) is 3. The molecule has 2 aliphatic rings. The van der Waals surface area contributed by atoms with Gasteiger partial charge in [-0.2, -0.15) is 0 Å². The molecule has 0 aromatic heterocycles. The Morgan fingerprint density at radius 3 is 2.80 bits per heavy atom. The molecule has 1 N–H and O–H groups in total. The minimum atomic E-state index is -0.00170. The van der Waals surface area contributed by atoms with E-state index in [0.29, 0.717) is 16.8 Å². The molecule has 7 heteroatoms. The van der Waals surface area contributed by atoms with Gasteiger partial charge in [-0.05, 0) is 25.0 Å². The third-order valence-electron chi connectivity index (χ3n) is 4.35. The highest BCUT2D eigenvalue weighted by atomic mass is 35.5. The Balaban J connectivity index is 1.61. The van der Waals surface area contributed by atoms with E-state index in [9.17, 15) is 4.79 Å². The van der Waals surface area contributed by atoms with Crippen LogP contribution in [0.5, 0.6) is 5.75 Å². The number of nitrogens with one attached hydrogen (secondary N) is 1. The zero-order valence-corrected chi connectivity index (χ0v) is 15.5. The highest BCUT2D eigenvalue weighted by Crippen LogP contribution is 2.27. The van der Waals surface area contributed by atoms with Crippen molar-refractivity contribution in [1.82, 2.24) is 15.1 Å². The molecular formula is C18H25ClN4O2. The minimum Gasteiger partial charge on any atom is -0.487 e. The third kappa shape index (κ3) is 5.01. The fourth-order valence-corrected chi connectivity index (χ4v) is 2.85. The molecule has 1 saturated heterocycles. The minimum absolute atomic E-state index is 0.00170. The van der Waals surface area contributed by atoms with Crippen molar-refractivity contribution in [3.8, 4) is 5.75 Å². The van der Waals surface area contributed by atoms with E-state index in [1.54, 1.807) is 19.0 Å². The standard InChI is InChI=1S/C18H25ClN4O2/c1-22(2)17(24)11-20-18(21-13-7-8-13)23-10-9-14(12-23)25-16-6-4-3-5-15(16)19/h3-6,13-14H,7-12H2,1-2H3,(H,20,21). The van der Waals surface area contributed by atoms with Crippen molar-refractivity contribution in [2.24, 2.45) is 4.99 Å². The molecule has 0 radical (unpaired) electrons. The topological polar surface area (TPSA) is 57.2 Å². The van der Waals surface area contributed by atoms with Crippen LogP contribution in [0.4, 0.5) is 0 Å². The zero-order valence-electron chi connectivity index (χ0n) is 14.7. The lowest BCUT2D eigenvalue weighted by atomic mass is 10.3. The van der Waals surface area contributed by atoms with Crippen LogP contribution in [0.25, 0.3) is 0 Å². The van der Waals surface area contributed by atoms with Crippen LogP contribution in [0.15, 0.2) is 29.3 Å². The highest BCUT2D eigenvalue weighted by molar-refractivity contribution is 6.32. The number of amides is 1. The maximum Gasteiger partial charge on any atom is 0.243 e. The third-order valence-corrected chi connectivity index (χ3v) is 4.66. The first kappa shape index (κ1) is 17.9. The first-order chi connectivity index (χ1) is 12.0. The van der Waals surface area contributed by atoms with E-state index in [-0.39, 0.29) is 18.6 Å². The Morgan fingerprint density at radius 2 is 2.12 bits per heavy atom. The number of halogens is 1. The molecule has 0 bridgehead atoms. The van der Waals surface area contributed by atoms with Gasteiger partial charge in [0.15, 0.2) is 5.96 Å². The van der Waals surface area contributed by atoms with E-state index in [1.165, 1.54) is 0 Å². The van der Waals surface area contributed by atoms with Gasteiger partial charge in [-0.25, -0.2) is 4.99 Å². The molecule has 1 atom stereocenters. The number of nitrogens with zero attached hydrogens (tertiary/aromatic N) is 3. The first-order valence-electron chi connectivity index (χ1n) is 8.70. The van der Waals surface area contributed by atoms with Gasteiger partial charge >= 0.3 is 0 Å². The van der Waals surface area contributed by atoms with Crippen LogP contribution in [0.3, 0.4) is 0 Å². The molecule has 1 aliphatic heterocycles. The van der Waals surface area contributed by atoms with E-state index in [4.69, 9.17) is 16.3 Å². The second-order valence-corrected chi connectivity index (χ2v) is 7.16. The van der Waals surface area contributed by atoms with Gasteiger partial charge in [0.2, 0.25) is 5.91 Å². The monoisotopic (exact) mass is 364 g/mol. The number of carbonyl (C=O) groups excluding carboxylic acids is 1. The van der Waals surface area contributed by atoms with Crippen LogP contribution in [-0.4, -0.2) is 67.5 Å². The summed E-state index contributed by atoms with van der Waals surface area (Å²) in [6.45, 7) is 1.75. The second-order valence-electron chi connectivity index (χ2n) is 6.75. The van der Waals surface area contributed by atoms with Gasteiger partial charge in [-0.1, -0.05) is 23.7 Å². The maximum absolute atomic E-state index is 11.8. The lowest BCUT2D eigenvalue weighted by molar-refractivity contribution is -0.127. The number of carbonyl (C=O) groups is 1. The van der Waals surface area contributed by atoms with E-state index in [2.05, 4.69) is 15.2 Å². The fourth-order valence-electron chi connectivity index (χ4n) is 2.67. The van der Waals surface area contributed by atoms with Gasteiger partial charge in [-0.15, -0.1) is 0 Å². The van der Waals surface area contributed by atoms with Crippen molar-refractivity contribution in [3.05, 3.63) is 29.3 Å². The van der Waals surface area contributed by atoms with Gasteiger partial charge < -0.3 is 19.9 Å². The highest BCUT2D eigenvalue weighted by Gasteiger charge is 2.30. The van der Waals surface area contributed by atoms with Crippen molar-refractivity contribution in [1.29, 1.82) is 0 Å². The summed E-state index contributed by atoms with van der Waals surface area (Å²) in [6.07, 6.45) is 3.29. The van der Waals surface area contributed by atoms with E-state index < -0.39 is 0 Å². The summed E-state index contributed by atoms with van der Waals surface area (Å²) in [4.78, 5) is 20.1. The van der Waals surface area contributed by atoms with Gasteiger partial charge in [0.25, 0.3) is 0 Å². The van der Waals surface area contributed by atoms with Gasteiger partial charge in [0.05, 0.1) is 11.6 Å². The molecule has 6 nitrogen and oxygen atoms in total. The van der Waals surface area contributed by atoms with Crippen LogP contribution in [-0.2, 0) is 4.79 Å². The van der Waals surface area contributed by atoms with Crippen LogP contribution in [0.2, 0.25) is 5.02 Å². The molecule has 3 rings (SSSR count). The molecule has 1 heterocycles. The first-order valence-corrected chi connectivity index (χ1v) is 9.08. The van der Waals surface area contributed by atoms with Crippen LogP contribution in [0.1, 0.15) is 19.3 Å². The molecule has 136 valence electrons. The lowest BCUT2D eigenvalue weighted by Crippen LogP contribution is -2.42. The van der Waals surface area contributed by atoms with E-state index >= 15 is 0 Å². The molecule has 1 aromatic rings. The summed E-state index contributed by atoms with van der Waals surface area (Å²) < 4.78 is 6.04. The molecular weight excluding hydrogens is 340 g/mol. The Hall–Kier alpha value is -1.95. The van der Waals surface area contributed by atoms with Crippen molar-refractivity contribution >= 4 is 23.5 Å². The van der Waals surface area contributed by atoms with Gasteiger partial charge in [0, 0.05) is 33.1 Å². The molecule has 1 unspecified atom stereocenters. The summed E-state index contributed by atoms with van der Waals surface area (Å²) in [5.74, 6) is 1.52. The van der Waals surface area contributed by atoms with Crippen molar-refractivity contribution < 1.29 is 9.53 Å². The number of ether oxygens (including phenoxy) is 1. The number of benzene rings is 1. The summed E-state index contributed by atoms with van der Waals surface area (Å²) in [7, 11) is 3.49. The summed E-state index contributed by atoms with van der Waals surface area (Å²) in [5, 5.41) is 4.07.